The van der Waals surface area contributed by atoms with Gasteiger partial charge in [-0.3, -0.25) is 4.98 Å². The molecule has 184 valence electrons. The first-order chi connectivity index (χ1) is 16.5. The summed E-state index contributed by atoms with van der Waals surface area (Å²) in [5.41, 5.74) is 1.84. The molecule has 1 atom stereocenters. The lowest BCUT2D eigenvalue weighted by atomic mass is 10.1. The molecule has 0 aliphatic carbocycles. The lowest BCUT2D eigenvalue weighted by Crippen LogP contribution is -2.55. The predicted molar refractivity (Wildman–Crippen MR) is 141 cm³/mol. The number of aromatic nitrogens is 3. The maximum Gasteiger partial charge on any atom is 0.252 e. The molecule has 0 radical (unpaired) electrons. The van der Waals surface area contributed by atoms with Crippen molar-refractivity contribution in [3.8, 4) is 11.1 Å². The van der Waals surface area contributed by atoms with Crippen LogP contribution in [0.5, 0.6) is 0 Å². The van der Waals surface area contributed by atoms with Gasteiger partial charge in [-0.1, -0.05) is 17.7 Å². The fourth-order valence-corrected chi connectivity index (χ4v) is 7.40. The van der Waals surface area contributed by atoms with Crippen LogP contribution in [-0.2, 0) is 10.0 Å². The van der Waals surface area contributed by atoms with Crippen LogP contribution in [0.25, 0.3) is 21.2 Å². The molecule has 4 aromatic rings. The third kappa shape index (κ3) is 5.28. The van der Waals surface area contributed by atoms with Gasteiger partial charge in [-0.15, -0.1) is 23.7 Å². The summed E-state index contributed by atoms with van der Waals surface area (Å²) in [7, 11) is -3.68. The quantitative estimate of drug-likeness (QED) is 0.385. The summed E-state index contributed by atoms with van der Waals surface area (Å²) in [6.45, 7) is 0.906. The Hall–Kier alpha value is -2.34. The number of halogens is 2. The Morgan fingerprint density at radius 3 is 2.51 bits per heavy atom. The molecule has 1 saturated heterocycles. The molecule has 0 saturated carbocycles. The fraction of sp³-hybridized carbons (Fsp3) is 0.261. The number of hydrogen-bond acceptors (Lipinski definition) is 8. The molecule has 0 bridgehead atoms. The van der Waals surface area contributed by atoms with E-state index in [1.165, 1.54) is 15.6 Å². The second-order valence-corrected chi connectivity index (χ2v) is 11.7. The van der Waals surface area contributed by atoms with Crippen LogP contribution in [-0.4, -0.2) is 65.1 Å². The van der Waals surface area contributed by atoms with Crippen molar-refractivity contribution < 1.29 is 13.5 Å². The minimum atomic E-state index is -3.68. The van der Waals surface area contributed by atoms with Crippen LogP contribution < -0.4 is 4.90 Å². The Kier molecular flexibility index (Phi) is 7.89. The van der Waals surface area contributed by atoms with Gasteiger partial charge in [-0.2, -0.15) is 4.31 Å². The van der Waals surface area contributed by atoms with Crippen molar-refractivity contribution in [2.24, 2.45) is 0 Å². The van der Waals surface area contributed by atoms with E-state index in [2.05, 4.69) is 15.0 Å². The maximum atomic E-state index is 13.4. The standard InChI is InChI=1S/C23H22ClN5O3S2.ClH/c24-19-2-1-17-11-22(33-21(17)12-19)34(31,32)28-8-9-29(20(15-28)5-10-30)23-26-13-18(14-27-23)16-3-6-25-7-4-16;/h1-4,6-7,11-14,20,30H,5,8-10,15H2;1H. The van der Waals surface area contributed by atoms with E-state index in [9.17, 15) is 13.5 Å². The highest BCUT2D eigenvalue weighted by Crippen LogP contribution is 2.34. The van der Waals surface area contributed by atoms with Gasteiger partial charge in [-0.25, -0.2) is 18.4 Å². The Bertz CT molecular complexity index is 1400. The van der Waals surface area contributed by atoms with Crippen LogP contribution in [0.3, 0.4) is 0 Å². The highest BCUT2D eigenvalue weighted by Gasteiger charge is 2.36. The van der Waals surface area contributed by atoms with E-state index in [-0.39, 0.29) is 31.6 Å². The van der Waals surface area contributed by atoms with Gasteiger partial charge in [0.05, 0.1) is 0 Å². The number of benzene rings is 1. The second kappa shape index (κ2) is 10.7. The summed E-state index contributed by atoms with van der Waals surface area (Å²) < 4.78 is 29.5. The third-order valence-corrected chi connectivity index (χ3v) is 9.52. The summed E-state index contributed by atoms with van der Waals surface area (Å²) in [4.78, 5) is 15.1. The van der Waals surface area contributed by atoms with Crippen molar-refractivity contribution in [3.63, 3.8) is 0 Å². The summed E-state index contributed by atoms with van der Waals surface area (Å²) in [6.07, 6.45) is 7.33. The van der Waals surface area contributed by atoms with Crippen LogP contribution in [0.4, 0.5) is 5.95 Å². The van der Waals surface area contributed by atoms with Gasteiger partial charge in [0.15, 0.2) is 0 Å². The first-order valence-electron chi connectivity index (χ1n) is 10.7. The van der Waals surface area contributed by atoms with E-state index >= 15 is 0 Å². The van der Waals surface area contributed by atoms with Crippen LogP contribution in [0, 0.1) is 0 Å². The lowest BCUT2D eigenvalue weighted by molar-refractivity contribution is 0.244. The molecule has 4 heterocycles. The number of nitrogens with zero attached hydrogens (tertiary/aromatic N) is 5. The average molecular weight is 553 g/mol. The Balaban J connectivity index is 0.00000289. The van der Waals surface area contributed by atoms with E-state index in [0.29, 0.717) is 34.7 Å². The van der Waals surface area contributed by atoms with Crippen molar-refractivity contribution in [1.29, 1.82) is 0 Å². The molecular weight excluding hydrogens is 529 g/mol. The highest BCUT2D eigenvalue weighted by molar-refractivity contribution is 7.91. The van der Waals surface area contributed by atoms with Gasteiger partial charge in [0.2, 0.25) is 5.95 Å². The smallest absolute Gasteiger partial charge is 0.252 e. The Morgan fingerprint density at radius 2 is 1.80 bits per heavy atom. The normalized spacial score (nSPS) is 16.9. The third-order valence-electron chi connectivity index (χ3n) is 5.87. The van der Waals surface area contributed by atoms with Gasteiger partial charge in [0.25, 0.3) is 10.0 Å². The monoisotopic (exact) mass is 551 g/mol. The van der Waals surface area contributed by atoms with Crippen LogP contribution >= 0.6 is 35.3 Å². The molecule has 1 aliphatic rings. The van der Waals surface area contributed by atoms with Crippen molar-refractivity contribution in [3.05, 3.63) is 66.2 Å². The maximum absolute atomic E-state index is 13.4. The van der Waals surface area contributed by atoms with Crippen molar-refractivity contribution in [1.82, 2.24) is 19.3 Å². The lowest BCUT2D eigenvalue weighted by Gasteiger charge is -2.40. The van der Waals surface area contributed by atoms with E-state index < -0.39 is 10.0 Å². The van der Waals surface area contributed by atoms with Crippen LogP contribution in [0.15, 0.2) is 65.4 Å². The summed E-state index contributed by atoms with van der Waals surface area (Å²) in [5, 5.41) is 11.1. The number of thiophene rings is 1. The number of aliphatic hydroxyl groups is 1. The molecule has 12 heteroatoms. The Morgan fingerprint density at radius 1 is 1.06 bits per heavy atom. The predicted octanol–water partition coefficient (Wildman–Crippen LogP) is 4.09. The van der Waals surface area contributed by atoms with E-state index in [1.807, 2.05) is 23.1 Å². The number of pyridine rings is 1. The largest absolute Gasteiger partial charge is 0.396 e. The minimum Gasteiger partial charge on any atom is -0.396 e. The molecule has 1 unspecified atom stereocenters. The van der Waals surface area contributed by atoms with E-state index in [1.54, 1.807) is 43.0 Å². The van der Waals surface area contributed by atoms with Crippen molar-refractivity contribution >= 4 is 61.4 Å². The summed E-state index contributed by atoms with van der Waals surface area (Å²) in [5.74, 6) is 0.518. The SMILES string of the molecule is Cl.O=S(=O)(c1cc2ccc(Cl)cc2s1)N1CCN(c2ncc(-c3ccncc3)cn2)C(CCO)C1. The molecule has 1 fully saturated rings. The first kappa shape index (κ1) is 25.7. The number of anilines is 1. The molecule has 3 aromatic heterocycles. The summed E-state index contributed by atoms with van der Waals surface area (Å²) >= 11 is 7.28. The highest BCUT2D eigenvalue weighted by atomic mass is 35.5. The number of hydrogen-bond donors (Lipinski definition) is 1. The summed E-state index contributed by atoms with van der Waals surface area (Å²) in [6, 6.07) is 10.6. The molecule has 5 rings (SSSR count). The first-order valence-corrected chi connectivity index (χ1v) is 13.4. The molecule has 1 aromatic carbocycles. The zero-order valence-electron chi connectivity index (χ0n) is 18.5. The van der Waals surface area contributed by atoms with E-state index in [4.69, 9.17) is 11.6 Å². The Labute approximate surface area is 218 Å². The van der Waals surface area contributed by atoms with E-state index in [0.717, 1.165) is 21.2 Å². The molecule has 1 aliphatic heterocycles. The van der Waals surface area contributed by atoms with Crippen molar-refractivity contribution in [2.45, 2.75) is 16.7 Å². The van der Waals surface area contributed by atoms with Crippen LogP contribution in [0.1, 0.15) is 6.42 Å². The molecule has 35 heavy (non-hydrogen) atoms. The second-order valence-electron chi connectivity index (χ2n) is 7.98. The van der Waals surface area contributed by atoms with Gasteiger partial charge in [-0.05, 0) is 47.7 Å². The number of fused-ring (bicyclic) bond motifs is 1. The molecule has 0 amide bonds. The van der Waals surface area contributed by atoms with Gasteiger partial charge >= 0.3 is 0 Å². The number of piperazine rings is 1. The number of sulfonamides is 1. The molecule has 0 spiro atoms. The number of rotatable bonds is 6. The van der Waals surface area contributed by atoms with Crippen LogP contribution in [0.2, 0.25) is 5.02 Å². The zero-order chi connectivity index (χ0) is 23.7. The van der Waals surface area contributed by atoms with Crippen molar-refractivity contribution in [2.75, 3.05) is 31.1 Å². The molecule has 8 nitrogen and oxygen atoms in total. The van der Waals surface area contributed by atoms with Gasteiger partial charge in [0.1, 0.15) is 4.21 Å². The average Bonchev–Trinajstić information content (AvgIpc) is 3.29. The zero-order valence-corrected chi connectivity index (χ0v) is 21.7. The molecule has 1 N–H and O–H groups in total. The minimum absolute atomic E-state index is 0. The fourth-order valence-electron chi connectivity index (χ4n) is 4.10. The van der Waals surface area contributed by atoms with Gasteiger partial charge in [0, 0.05) is 72.4 Å². The van der Waals surface area contributed by atoms with Gasteiger partial charge < -0.3 is 10.0 Å². The molecular formula is C23H23Cl2N5O3S2. The number of aliphatic hydroxyl groups excluding tert-OH is 1. The topological polar surface area (TPSA) is 99.5 Å².